The molecular formula is C11H22N2O5. The molecule has 0 aromatic rings. The maximum atomic E-state index is 9.44. The Morgan fingerprint density at radius 3 is 2.28 bits per heavy atom. The number of aliphatic imine (C=N–C) groups is 1. The molecular weight excluding hydrogens is 240 g/mol. The van der Waals surface area contributed by atoms with E-state index in [0.717, 1.165) is 17.6 Å². The quantitative estimate of drug-likeness (QED) is 0.263. The molecule has 0 radical (unpaired) electrons. The molecule has 7 nitrogen and oxygen atoms in total. The number of hydrogen-bond donors (Lipinski definition) is 4. The van der Waals surface area contributed by atoms with Gasteiger partial charge >= 0.3 is 0 Å². The van der Waals surface area contributed by atoms with Gasteiger partial charge in [-0.25, -0.2) is 0 Å². The van der Waals surface area contributed by atoms with Crippen LogP contribution < -0.4 is 0 Å². The number of hydroxylamine groups is 2. The van der Waals surface area contributed by atoms with E-state index in [-0.39, 0.29) is 6.61 Å². The molecule has 0 spiro atoms. The molecule has 4 N–H and O–H groups in total. The second-order valence-electron chi connectivity index (χ2n) is 4.15. The summed E-state index contributed by atoms with van der Waals surface area (Å²) in [5.74, 6) is -5.34. The van der Waals surface area contributed by atoms with Gasteiger partial charge in [-0.15, -0.1) is 0 Å². The Balaban J connectivity index is 4.32. The van der Waals surface area contributed by atoms with Crippen molar-refractivity contribution in [1.29, 1.82) is 0 Å². The first-order valence-corrected chi connectivity index (χ1v) is 5.45. The van der Waals surface area contributed by atoms with E-state index < -0.39 is 18.1 Å². The maximum absolute atomic E-state index is 9.44. The van der Waals surface area contributed by atoms with E-state index in [0.29, 0.717) is 0 Å². The lowest BCUT2D eigenvalue weighted by Crippen LogP contribution is -2.58. The van der Waals surface area contributed by atoms with E-state index in [1.807, 2.05) is 6.92 Å². The largest absolute Gasteiger partial charge is 0.362 e. The Labute approximate surface area is 107 Å². The van der Waals surface area contributed by atoms with Gasteiger partial charge in [-0.3, -0.25) is 9.83 Å². The summed E-state index contributed by atoms with van der Waals surface area (Å²) in [5, 5.41) is 38.3. The molecule has 0 saturated carbocycles. The molecule has 0 bridgehead atoms. The summed E-state index contributed by atoms with van der Waals surface area (Å²) in [7, 11) is 3.08. The summed E-state index contributed by atoms with van der Waals surface area (Å²) in [6.45, 7) is 2.40. The fourth-order valence-corrected chi connectivity index (χ4v) is 1.05. The van der Waals surface area contributed by atoms with Gasteiger partial charge in [0.15, 0.2) is 0 Å². The fraction of sp³-hybridized carbons (Fsp3) is 0.727. The van der Waals surface area contributed by atoms with Gasteiger partial charge in [0.2, 0.25) is 11.6 Å². The van der Waals surface area contributed by atoms with E-state index in [2.05, 4.69) is 4.99 Å². The van der Waals surface area contributed by atoms with Gasteiger partial charge in [0.25, 0.3) is 0 Å². The fourth-order valence-electron chi connectivity index (χ4n) is 1.05. The van der Waals surface area contributed by atoms with Crippen molar-refractivity contribution < 1.29 is 25.3 Å². The molecule has 0 aliphatic carbocycles. The molecule has 0 fully saturated rings. The van der Waals surface area contributed by atoms with Gasteiger partial charge in [0.05, 0.1) is 13.2 Å². The van der Waals surface area contributed by atoms with Crippen molar-refractivity contribution in [3.8, 4) is 0 Å². The first kappa shape index (κ1) is 17.2. The number of hydrogen-bond acceptors (Lipinski definition) is 7. The molecule has 0 amide bonds. The highest BCUT2D eigenvalue weighted by atomic mass is 16.7. The summed E-state index contributed by atoms with van der Waals surface area (Å²) in [5.41, 5.74) is 0.807. The van der Waals surface area contributed by atoms with E-state index >= 15 is 0 Å². The van der Waals surface area contributed by atoms with Crippen LogP contribution in [0.1, 0.15) is 13.8 Å². The summed E-state index contributed by atoms with van der Waals surface area (Å²) in [4.78, 5) is 9.04. The van der Waals surface area contributed by atoms with Crippen molar-refractivity contribution in [1.82, 2.24) is 5.06 Å². The van der Waals surface area contributed by atoms with Gasteiger partial charge in [-0.05, 0) is 19.4 Å². The molecule has 18 heavy (non-hydrogen) atoms. The minimum Gasteiger partial charge on any atom is -0.362 e. The molecule has 106 valence electrons. The van der Waals surface area contributed by atoms with E-state index in [9.17, 15) is 10.2 Å². The van der Waals surface area contributed by atoms with E-state index in [1.54, 1.807) is 19.3 Å². The van der Waals surface area contributed by atoms with Crippen molar-refractivity contribution in [2.45, 2.75) is 25.4 Å². The van der Waals surface area contributed by atoms with Crippen molar-refractivity contribution in [3.05, 3.63) is 11.6 Å². The number of aliphatic hydroxyl groups is 4. The van der Waals surface area contributed by atoms with Crippen LogP contribution in [-0.2, 0) is 4.84 Å². The maximum Gasteiger partial charge on any atom is 0.233 e. The minimum absolute atomic E-state index is 0.188. The summed E-state index contributed by atoms with van der Waals surface area (Å²) in [6, 6.07) is 0. The average molecular weight is 262 g/mol. The molecule has 0 saturated heterocycles. The molecule has 7 heteroatoms. The van der Waals surface area contributed by atoms with Crippen molar-refractivity contribution in [3.63, 3.8) is 0 Å². The summed E-state index contributed by atoms with van der Waals surface area (Å²) >= 11 is 0. The van der Waals surface area contributed by atoms with Crippen LogP contribution in [-0.4, -0.2) is 70.5 Å². The Morgan fingerprint density at radius 2 is 1.89 bits per heavy atom. The van der Waals surface area contributed by atoms with Gasteiger partial charge in [0, 0.05) is 20.3 Å². The van der Waals surface area contributed by atoms with Crippen LogP contribution in [0.4, 0.5) is 0 Å². The zero-order chi connectivity index (χ0) is 14.4. The highest BCUT2D eigenvalue weighted by Crippen LogP contribution is 2.17. The molecule has 0 aliphatic rings. The molecule has 0 atom stereocenters. The zero-order valence-corrected chi connectivity index (χ0v) is 11.2. The zero-order valence-electron chi connectivity index (χ0n) is 11.2. The minimum atomic E-state index is -2.70. The number of rotatable bonds is 7. The first-order valence-electron chi connectivity index (χ1n) is 5.45. The Bertz CT molecular complexity index is 307. The third-order valence-electron chi connectivity index (χ3n) is 2.32. The molecule has 0 aromatic carbocycles. The predicted molar refractivity (Wildman–Crippen MR) is 66.8 cm³/mol. The topological polar surface area (TPSA) is 106 Å². The SMILES string of the molecule is CC=C(C=NC)CON(C)CC(O)(O)C(C)(O)O. The van der Waals surface area contributed by atoms with Gasteiger partial charge in [-0.2, -0.15) is 5.06 Å². The second kappa shape index (κ2) is 6.93. The van der Waals surface area contributed by atoms with Gasteiger partial charge in [0.1, 0.15) is 0 Å². The van der Waals surface area contributed by atoms with Crippen LogP contribution >= 0.6 is 0 Å². The average Bonchev–Trinajstić information content (AvgIpc) is 2.21. The molecule has 0 rings (SSSR count). The normalized spacial score (nSPS) is 14.8. The Morgan fingerprint density at radius 1 is 1.33 bits per heavy atom. The van der Waals surface area contributed by atoms with E-state index in [4.69, 9.17) is 15.1 Å². The lowest BCUT2D eigenvalue weighted by Gasteiger charge is -2.34. The van der Waals surface area contributed by atoms with Crippen LogP contribution in [0, 0.1) is 0 Å². The van der Waals surface area contributed by atoms with Crippen molar-refractivity contribution in [2.75, 3.05) is 27.2 Å². The monoisotopic (exact) mass is 262 g/mol. The number of likely N-dealkylation sites (N-methyl/N-ethyl adjacent to an activating group) is 1. The standard InChI is InChI=1S/C11H22N2O5/c1-5-9(6-12-3)7-18-13(4)8-11(16,17)10(2,14)15/h5-6,14-17H,7-8H2,1-4H3. The van der Waals surface area contributed by atoms with Gasteiger partial charge in [-0.1, -0.05) is 6.08 Å². The van der Waals surface area contributed by atoms with Crippen LogP contribution in [0.5, 0.6) is 0 Å². The summed E-state index contributed by atoms with van der Waals surface area (Å²) in [6.07, 6.45) is 3.41. The third kappa shape index (κ3) is 5.67. The highest BCUT2D eigenvalue weighted by molar-refractivity contribution is 5.78. The molecule has 0 aromatic heterocycles. The number of allylic oxidation sites excluding steroid dienone is 1. The van der Waals surface area contributed by atoms with Crippen LogP contribution in [0.15, 0.2) is 16.6 Å². The summed E-state index contributed by atoms with van der Waals surface area (Å²) < 4.78 is 0. The Hall–Kier alpha value is -0.830. The molecule has 0 aliphatic heterocycles. The lowest BCUT2D eigenvalue weighted by atomic mass is 10.1. The highest BCUT2D eigenvalue weighted by Gasteiger charge is 2.44. The molecule has 0 unspecified atom stereocenters. The third-order valence-corrected chi connectivity index (χ3v) is 2.32. The van der Waals surface area contributed by atoms with Gasteiger partial charge < -0.3 is 20.4 Å². The van der Waals surface area contributed by atoms with E-state index in [1.165, 1.54) is 7.05 Å². The second-order valence-corrected chi connectivity index (χ2v) is 4.15. The Kier molecular flexibility index (Phi) is 6.61. The van der Waals surface area contributed by atoms with Crippen LogP contribution in [0.2, 0.25) is 0 Å². The van der Waals surface area contributed by atoms with Crippen LogP contribution in [0.3, 0.4) is 0 Å². The smallest absolute Gasteiger partial charge is 0.233 e. The number of nitrogens with zero attached hydrogens (tertiary/aromatic N) is 2. The molecule has 0 heterocycles. The predicted octanol–water partition coefficient (Wildman–Crippen LogP) is -1.12. The first-order chi connectivity index (χ1) is 8.14. The van der Waals surface area contributed by atoms with Crippen molar-refractivity contribution >= 4 is 6.21 Å². The van der Waals surface area contributed by atoms with Crippen LogP contribution in [0.25, 0.3) is 0 Å². The van der Waals surface area contributed by atoms with Crippen molar-refractivity contribution in [2.24, 2.45) is 4.99 Å². The lowest BCUT2D eigenvalue weighted by molar-refractivity contribution is -0.365.